The van der Waals surface area contributed by atoms with Crippen molar-refractivity contribution in [2.45, 2.75) is 32.0 Å². The van der Waals surface area contributed by atoms with Crippen LogP contribution in [0.2, 0.25) is 10.0 Å². The van der Waals surface area contributed by atoms with E-state index in [0.717, 1.165) is 6.42 Å². The van der Waals surface area contributed by atoms with E-state index >= 15 is 0 Å². The standard InChI is InChI=1S/C13H14Cl2O3/c1-2-5-17-13-11(16)7-12(13)18-8-3-4-9(14)10(15)6-8/h3-4,6,12-13H,2,5,7H2,1H3. The number of benzene rings is 1. The molecule has 1 aliphatic rings. The normalized spacial score (nSPS) is 22.7. The van der Waals surface area contributed by atoms with E-state index in [2.05, 4.69) is 0 Å². The van der Waals surface area contributed by atoms with Gasteiger partial charge >= 0.3 is 0 Å². The minimum Gasteiger partial charge on any atom is -0.487 e. The van der Waals surface area contributed by atoms with Gasteiger partial charge in [0.2, 0.25) is 0 Å². The Morgan fingerprint density at radius 1 is 1.33 bits per heavy atom. The Kier molecular flexibility index (Phi) is 4.49. The summed E-state index contributed by atoms with van der Waals surface area (Å²) < 4.78 is 11.1. The van der Waals surface area contributed by atoms with Gasteiger partial charge in [0.05, 0.1) is 10.0 Å². The molecule has 3 nitrogen and oxygen atoms in total. The molecule has 0 amide bonds. The molecule has 98 valence electrons. The third kappa shape index (κ3) is 2.97. The van der Waals surface area contributed by atoms with Gasteiger partial charge in [-0.2, -0.15) is 0 Å². The van der Waals surface area contributed by atoms with E-state index in [9.17, 15) is 4.79 Å². The fourth-order valence-corrected chi connectivity index (χ4v) is 2.03. The van der Waals surface area contributed by atoms with Crippen LogP contribution in [0, 0.1) is 0 Å². The first-order valence-corrected chi connectivity index (χ1v) is 6.63. The monoisotopic (exact) mass is 288 g/mol. The van der Waals surface area contributed by atoms with Gasteiger partial charge in [-0.3, -0.25) is 4.79 Å². The lowest BCUT2D eigenvalue weighted by molar-refractivity contribution is -0.154. The summed E-state index contributed by atoms with van der Waals surface area (Å²) in [5.41, 5.74) is 0. The molecule has 2 atom stereocenters. The van der Waals surface area contributed by atoms with E-state index in [0.29, 0.717) is 28.8 Å². The summed E-state index contributed by atoms with van der Waals surface area (Å²) in [6.45, 7) is 2.57. The molecule has 0 N–H and O–H groups in total. The predicted octanol–water partition coefficient (Wildman–Crippen LogP) is 3.51. The molecule has 1 aromatic rings. The maximum Gasteiger partial charge on any atom is 0.169 e. The van der Waals surface area contributed by atoms with Crippen molar-refractivity contribution in [3.63, 3.8) is 0 Å². The highest BCUT2D eigenvalue weighted by atomic mass is 35.5. The van der Waals surface area contributed by atoms with Crippen LogP contribution in [0.5, 0.6) is 5.75 Å². The van der Waals surface area contributed by atoms with Crippen LogP contribution in [0.25, 0.3) is 0 Å². The highest BCUT2D eigenvalue weighted by Crippen LogP contribution is 2.30. The van der Waals surface area contributed by atoms with Crippen LogP contribution in [0.15, 0.2) is 18.2 Å². The summed E-state index contributed by atoms with van der Waals surface area (Å²) in [6.07, 6.45) is 0.596. The molecule has 0 radical (unpaired) electrons. The van der Waals surface area contributed by atoms with E-state index < -0.39 is 6.10 Å². The summed E-state index contributed by atoms with van der Waals surface area (Å²) in [6, 6.07) is 5.04. The van der Waals surface area contributed by atoms with Crippen LogP contribution in [-0.2, 0) is 9.53 Å². The topological polar surface area (TPSA) is 35.5 Å². The average molecular weight is 289 g/mol. The smallest absolute Gasteiger partial charge is 0.169 e. The lowest BCUT2D eigenvalue weighted by Crippen LogP contribution is -2.52. The van der Waals surface area contributed by atoms with Crippen LogP contribution >= 0.6 is 23.2 Å². The molecule has 0 aromatic heterocycles. The van der Waals surface area contributed by atoms with Crippen molar-refractivity contribution in [2.75, 3.05) is 6.61 Å². The molecule has 0 spiro atoms. The van der Waals surface area contributed by atoms with Gasteiger partial charge in [-0.05, 0) is 18.6 Å². The zero-order chi connectivity index (χ0) is 13.1. The van der Waals surface area contributed by atoms with Crippen molar-refractivity contribution in [1.29, 1.82) is 0 Å². The van der Waals surface area contributed by atoms with Crippen molar-refractivity contribution in [3.8, 4) is 5.75 Å². The number of hydrogen-bond donors (Lipinski definition) is 0. The van der Waals surface area contributed by atoms with Crippen LogP contribution in [-0.4, -0.2) is 24.6 Å². The lowest BCUT2D eigenvalue weighted by atomic mass is 9.90. The third-order valence-electron chi connectivity index (χ3n) is 2.74. The molecule has 5 heteroatoms. The van der Waals surface area contributed by atoms with Gasteiger partial charge in [-0.1, -0.05) is 30.1 Å². The second kappa shape index (κ2) is 5.91. The molecule has 1 fully saturated rings. The van der Waals surface area contributed by atoms with E-state index in [-0.39, 0.29) is 11.9 Å². The van der Waals surface area contributed by atoms with Gasteiger partial charge in [0.15, 0.2) is 11.9 Å². The van der Waals surface area contributed by atoms with E-state index in [4.69, 9.17) is 32.7 Å². The van der Waals surface area contributed by atoms with Crippen molar-refractivity contribution in [3.05, 3.63) is 28.2 Å². The molecule has 1 saturated carbocycles. The number of carbonyl (C=O) groups is 1. The Labute approximate surface area is 116 Å². The Morgan fingerprint density at radius 3 is 2.72 bits per heavy atom. The number of rotatable bonds is 5. The second-order valence-corrected chi connectivity index (χ2v) is 5.01. The van der Waals surface area contributed by atoms with Crippen molar-refractivity contribution < 1.29 is 14.3 Å². The number of carbonyl (C=O) groups excluding carboxylic acids is 1. The number of hydrogen-bond acceptors (Lipinski definition) is 3. The van der Waals surface area contributed by atoms with Crippen molar-refractivity contribution >= 4 is 29.0 Å². The summed E-state index contributed by atoms with van der Waals surface area (Å²) in [5, 5.41) is 0.915. The molecule has 2 rings (SSSR count). The summed E-state index contributed by atoms with van der Waals surface area (Å²) in [7, 11) is 0. The Bertz CT molecular complexity index is 448. The second-order valence-electron chi connectivity index (χ2n) is 4.19. The quantitative estimate of drug-likeness (QED) is 0.832. The highest BCUT2D eigenvalue weighted by molar-refractivity contribution is 6.42. The first kappa shape index (κ1) is 13.7. The summed E-state index contributed by atoms with van der Waals surface area (Å²) in [5.74, 6) is 0.695. The van der Waals surface area contributed by atoms with Crippen LogP contribution in [0.3, 0.4) is 0 Å². The summed E-state index contributed by atoms with van der Waals surface area (Å²) in [4.78, 5) is 11.4. The minimum atomic E-state index is -0.445. The predicted molar refractivity (Wildman–Crippen MR) is 70.5 cm³/mol. The largest absolute Gasteiger partial charge is 0.487 e. The zero-order valence-electron chi connectivity index (χ0n) is 9.99. The molecule has 18 heavy (non-hydrogen) atoms. The van der Waals surface area contributed by atoms with E-state index in [1.807, 2.05) is 6.92 Å². The van der Waals surface area contributed by atoms with Crippen molar-refractivity contribution in [1.82, 2.24) is 0 Å². The number of Topliss-reactive ketones (excluding diaryl/α,β-unsaturated/α-hetero) is 1. The number of ether oxygens (including phenoxy) is 2. The maximum absolute atomic E-state index is 11.4. The molecular weight excluding hydrogens is 275 g/mol. The average Bonchev–Trinajstić information content (AvgIpc) is 2.33. The molecule has 0 heterocycles. The van der Waals surface area contributed by atoms with Gasteiger partial charge < -0.3 is 9.47 Å². The zero-order valence-corrected chi connectivity index (χ0v) is 11.5. The fraction of sp³-hybridized carbons (Fsp3) is 0.462. The van der Waals surface area contributed by atoms with Crippen molar-refractivity contribution in [2.24, 2.45) is 0 Å². The third-order valence-corrected chi connectivity index (χ3v) is 3.48. The molecule has 0 bridgehead atoms. The highest BCUT2D eigenvalue weighted by Gasteiger charge is 2.42. The van der Waals surface area contributed by atoms with Crippen LogP contribution in [0.4, 0.5) is 0 Å². The minimum absolute atomic E-state index is 0.0912. The van der Waals surface area contributed by atoms with Gasteiger partial charge in [0.1, 0.15) is 11.9 Å². The number of halogens is 2. The van der Waals surface area contributed by atoms with Crippen LogP contribution < -0.4 is 4.74 Å². The van der Waals surface area contributed by atoms with Gasteiger partial charge in [-0.15, -0.1) is 0 Å². The number of ketones is 1. The van der Waals surface area contributed by atoms with E-state index in [1.54, 1.807) is 18.2 Å². The van der Waals surface area contributed by atoms with Gasteiger partial charge in [0, 0.05) is 19.1 Å². The lowest BCUT2D eigenvalue weighted by Gasteiger charge is -2.34. The van der Waals surface area contributed by atoms with E-state index in [1.165, 1.54) is 0 Å². The Morgan fingerprint density at radius 2 is 2.11 bits per heavy atom. The molecule has 2 unspecified atom stereocenters. The molecule has 0 aliphatic heterocycles. The molecule has 0 saturated heterocycles. The summed E-state index contributed by atoms with van der Waals surface area (Å²) >= 11 is 11.7. The Hall–Kier alpha value is -0.770. The molecule has 1 aromatic carbocycles. The molecule has 1 aliphatic carbocycles. The SMILES string of the molecule is CCCOC1C(=O)CC1Oc1ccc(Cl)c(Cl)c1. The maximum atomic E-state index is 11.4. The van der Waals surface area contributed by atoms with Gasteiger partial charge in [0.25, 0.3) is 0 Å². The fourth-order valence-electron chi connectivity index (χ4n) is 1.74. The Balaban J connectivity index is 1.96. The first-order chi connectivity index (χ1) is 8.61. The van der Waals surface area contributed by atoms with Crippen LogP contribution in [0.1, 0.15) is 19.8 Å². The molecular formula is C13H14Cl2O3. The first-order valence-electron chi connectivity index (χ1n) is 5.88. The van der Waals surface area contributed by atoms with Gasteiger partial charge in [-0.25, -0.2) is 0 Å².